The summed E-state index contributed by atoms with van der Waals surface area (Å²) in [5, 5.41) is 2.17. The fourth-order valence-electron chi connectivity index (χ4n) is 3.86. The van der Waals surface area contributed by atoms with Crippen molar-refractivity contribution in [3.8, 4) is 22.6 Å². The summed E-state index contributed by atoms with van der Waals surface area (Å²) >= 11 is 0. The Labute approximate surface area is 173 Å². The zero-order valence-electron chi connectivity index (χ0n) is 16.9. The van der Waals surface area contributed by atoms with Gasteiger partial charge in [-0.3, -0.25) is 24.3 Å². The van der Waals surface area contributed by atoms with E-state index in [1.54, 1.807) is 6.07 Å². The van der Waals surface area contributed by atoms with Crippen LogP contribution in [0.15, 0.2) is 47.3 Å². The van der Waals surface area contributed by atoms with Gasteiger partial charge in [-0.25, -0.2) is 0 Å². The molecule has 2 aromatic carbocycles. The predicted octanol–water partition coefficient (Wildman–Crippen LogP) is 2.99. The molecule has 1 aliphatic rings. The number of ether oxygens (including phenoxy) is 1. The molecule has 2 heterocycles. The van der Waals surface area contributed by atoms with Gasteiger partial charge in [0.25, 0.3) is 17.4 Å². The van der Waals surface area contributed by atoms with Crippen LogP contribution >= 0.6 is 0 Å². The molecule has 30 heavy (non-hydrogen) atoms. The van der Waals surface area contributed by atoms with Crippen molar-refractivity contribution in [3.63, 3.8) is 0 Å². The average Bonchev–Trinajstić information content (AvgIpc) is 2.98. The largest absolute Gasteiger partial charge is 0.493 e. The zero-order valence-corrected chi connectivity index (χ0v) is 16.9. The van der Waals surface area contributed by atoms with Gasteiger partial charge < -0.3 is 10.5 Å². The third-order valence-corrected chi connectivity index (χ3v) is 5.14. The Kier molecular flexibility index (Phi) is 4.66. The monoisotopic (exact) mass is 403 g/mol. The molecule has 3 aromatic rings. The maximum Gasteiger partial charge on any atom is 0.262 e. The minimum atomic E-state index is -0.611. The molecule has 0 atom stereocenters. The zero-order chi connectivity index (χ0) is 21.6. The van der Waals surface area contributed by atoms with Gasteiger partial charge in [0.15, 0.2) is 0 Å². The topological polar surface area (TPSA) is 103 Å². The molecule has 0 bridgehead atoms. The first kappa shape index (κ1) is 19.4. The van der Waals surface area contributed by atoms with Crippen molar-refractivity contribution in [2.75, 3.05) is 12.3 Å². The molecule has 3 N–H and O–H groups in total. The van der Waals surface area contributed by atoms with Crippen molar-refractivity contribution in [1.82, 2.24) is 9.88 Å². The van der Waals surface area contributed by atoms with E-state index in [1.807, 2.05) is 51.1 Å². The lowest BCUT2D eigenvalue weighted by atomic mass is 9.99. The Balaban J connectivity index is 1.85. The van der Waals surface area contributed by atoms with Crippen molar-refractivity contribution in [2.24, 2.45) is 0 Å². The Morgan fingerprint density at radius 2 is 1.67 bits per heavy atom. The number of nitrogens with zero attached hydrogens (tertiary/aromatic N) is 1. The summed E-state index contributed by atoms with van der Waals surface area (Å²) in [6.07, 6.45) is 0. The summed E-state index contributed by atoms with van der Waals surface area (Å²) in [6, 6.07) is 12.5. The highest BCUT2D eigenvalue weighted by molar-refractivity contribution is 6.23. The molecule has 7 nitrogen and oxygen atoms in total. The summed E-state index contributed by atoms with van der Waals surface area (Å²) in [4.78, 5) is 36.7. The van der Waals surface area contributed by atoms with Gasteiger partial charge >= 0.3 is 0 Å². The van der Waals surface area contributed by atoms with E-state index in [1.165, 1.54) is 4.57 Å². The number of aryl methyl sites for hydroxylation is 2. The van der Waals surface area contributed by atoms with Crippen LogP contribution in [0.1, 0.15) is 38.8 Å². The predicted molar refractivity (Wildman–Crippen MR) is 114 cm³/mol. The highest BCUT2D eigenvalue weighted by atomic mass is 16.5. The number of carbonyl (C=O) groups is 2. The number of hydrogen-bond acceptors (Lipinski definition) is 5. The summed E-state index contributed by atoms with van der Waals surface area (Å²) in [5.41, 5.74) is 10.1. The average molecular weight is 403 g/mol. The first-order valence-corrected chi connectivity index (χ1v) is 9.58. The maximum atomic E-state index is 12.7. The van der Waals surface area contributed by atoms with Crippen LogP contribution in [-0.2, 0) is 0 Å². The molecule has 4 rings (SSSR count). The first-order chi connectivity index (χ1) is 14.3. The highest BCUT2D eigenvalue weighted by Crippen LogP contribution is 2.31. The van der Waals surface area contributed by atoms with Gasteiger partial charge in [-0.15, -0.1) is 0 Å². The van der Waals surface area contributed by atoms with Gasteiger partial charge in [0.1, 0.15) is 11.6 Å². The number of pyridine rings is 1. The number of hydrogen-bond donors (Lipinski definition) is 2. The van der Waals surface area contributed by atoms with Gasteiger partial charge in [0.2, 0.25) is 0 Å². The molecule has 1 aliphatic heterocycles. The van der Waals surface area contributed by atoms with Crippen molar-refractivity contribution in [2.45, 2.75) is 20.8 Å². The Hall–Kier alpha value is -3.87. The summed E-state index contributed by atoms with van der Waals surface area (Å²) < 4.78 is 6.96. The molecule has 0 fully saturated rings. The van der Waals surface area contributed by atoms with Gasteiger partial charge in [-0.2, -0.15) is 0 Å². The Morgan fingerprint density at radius 3 is 2.33 bits per heavy atom. The van der Waals surface area contributed by atoms with Crippen LogP contribution in [0.25, 0.3) is 16.8 Å². The molecule has 7 heteroatoms. The second kappa shape index (κ2) is 7.18. The van der Waals surface area contributed by atoms with E-state index in [-0.39, 0.29) is 16.9 Å². The fraction of sp³-hybridized carbons (Fsp3) is 0.174. The second-order valence-electron chi connectivity index (χ2n) is 7.20. The number of amides is 2. The molecular formula is C23H21N3O4. The number of nitrogen functional groups attached to an aromatic ring is 1. The molecule has 0 radical (unpaired) electrons. The third kappa shape index (κ3) is 3.04. The lowest BCUT2D eigenvalue weighted by Gasteiger charge is -2.15. The molecule has 152 valence electrons. The van der Waals surface area contributed by atoms with Crippen molar-refractivity contribution >= 4 is 17.6 Å². The Morgan fingerprint density at radius 1 is 0.967 bits per heavy atom. The number of benzene rings is 2. The SMILES string of the molecule is CCOc1c(C)cc(-c2cccc(-n3c(N)c4c(cc3=O)C(=O)NC4=O)c2)cc1C. The van der Waals surface area contributed by atoms with Crippen molar-refractivity contribution in [1.29, 1.82) is 0 Å². The number of nitrogens with one attached hydrogen (secondary N) is 1. The summed E-state index contributed by atoms with van der Waals surface area (Å²) in [5.74, 6) is -0.403. The van der Waals surface area contributed by atoms with Gasteiger partial charge in [-0.1, -0.05) is 12.1 Å². The second-order valence-corrected chi connectivity index (χ2v) is 7.20. The van der Waals surface area contributed by atoms with E-state index in [9.17, 15) is 14.4 Å². The quantitative estimate of drug-likeness (QED) is 0.652. The van der Waals surface area contributed by atoms with Crippen LogP contribution in [0.5, 0.6) is 5.75 Å². The molecular weight excluding hydrogens is 382 g/mol. The fourth-order valence-corrected chi connectivity index (χ4v) is 3.86. The standard InChI is InChI=1S/C23H21N3O4/c1-4-30-20-12(2)8-15(9-13(20)3)14-6-5-7-16(10-14)26-18(27)11-17-19(21(26)24)23(29)25-22(17)28/h5-11H,4,24H2,1-3H3,(H,25,28,29). The van der Waals surface area contributed by atoms with Crippen LogP contribution in [0, 0.1) is 13.8 Å². The number of nitrogens with two attached hydrogens (primary N) is 1. The highest BCUT2D eigenvalue weighted by Gasteiger charge is 2.31. The van der Waals surface area contributed by atoms with Crippen molar-refractivity contribution in [3.05, 3.63) is 75.1 Å². The van der Waals surface area contributed by atoms with Crippen LogP contribution in [0.4, 0.5) is 5.82 Å². The normalized spacial score (nSPS) is 12.6. The number of imide groups is 1. The lowest BCUT2D eigenvalue weighted by Crippen LogP contribution is -2.24. The van der Waals surface area contributed by atoms with E-state index >= 15 is 0 Å². The molecule has 2 amide bonds. The smallest absolute Gasteiger partial charge is 0.262 e. The molecule has 0 unspecified atom stereocenters. The number of carbonyl (C=O) groups excluding carboxylic acids is 2. The van der Waals surface area contributed by atoms with Crippen LogP contribution < -0.4 is 21.3 Å². The van der Waals surface area contributed by atoms with Crippen LogP contribution in [-0.4, -0.2) is 23.0 Å². The van der Waals surface area contributed by atoms with E-state index in [0.29, 0.717) is 12.3 Å². The molecule has 0 spiro atoms. The number of aromatic nitrogens is 1. The first-order valence-electron chi connectivity index (χ1n) is 9.58. The molecule has 0 aliphatic carbocycles. The van der Waals surface area contributed by atoms with Gasteiger partial charge in [0.05, 0.1) is 23.4 Å². The van der Waals surface area contributed by atoms with Gasteiger partial charge in [0, 0.05) is 6.07 Å². The molecule has 1 aromatic heterocycles. The number of anilines is 1. The van der Waals surface area contributed by atoms with Crippen LogP contribution in [0.2, 0.25) is 0 Å². The Bertz CT molecular complexity index is 1250. The maximum absolute atomic E-state index is 12.7. The minimum Gasteiger partial charge on any atom is -0.493 e. The minimum absolute atomic E-state index is 0.00710. The number of rotatable bonds is 4. The van der Waals surface area contributed by atoms with Crippen LogP contribution in [0.3, 0.4) is 0 Å². The van der Waals surface area contributed by atoms with E-state index < -0.39 is 17.4 Å². The molecule has 0 saturated heterocycles. The lowest BCUT2D eigenvalue weighted by molar-refractivity contribution is 0.0880. The van der Waals surface area contributed by atoms with E-state index in [4.69, 9.17) is 10.5 Å². The van der Waals surface area contributed by atoms with E-state index in [2.05, 4.69) is 5.32 Å². The summed E-state index contributed by atoms with van der Waals surface area (Å²) in [7, 11) is 0. The third-order valence-electron chi connectivity index (χ3n) is 5.14. The number of fused-ring (bicyclic) bond motifs is 1. The van der Waals surface area contributed by atoms with Crippen molar-refractivity contribution < 1.29 is 14.3 Å². The van der Waals surface area contributed by atoms with E-state index in [0.717, 1.165) is 34.1 Å². The molecule has 0 saturated carbocycles. The van der Waals surface area contributed by atoms with Gasteiger partial charge in [-0.05, 0) is 67.3 Å². The summed E-state index contributed by atoms with van der Waals surface area (Å²) in [6.45, 7) is 6.52.